The van der Waals surface area contributed by atoms with Crippen molar-refractivity contribution >= 4 is 33.8 Å². The fourth-order valence-corrected chi connectivity index (χ4v) is 3.57. The second-order valence-corrected chi connectivity index (χ2v) is 6.33. The van der Waals surface area contributed by atoms with E-state index in [1.54, 1.807) is 7.05 Å². The molecule has 7 heteroatoms. The molecule has 2 unspecified atom stereocenters. The van der Waals surface area contributed by atoms with E-state index in [1.807, 2.05) is 0 Å². The highest BCUT2D eigenvalue weighted by molar-refractivity contribution is 7.19. The molecule has 1 aliphatic rings. The molecule has 0 aliphatic carbocycles. The highest BCUT2D eigenvalue weighted by atomic mass is 32.1. The summed E-state index contributed by atoms with van der Waals surface area (Å²) in [6.07, 6.45) is 0. The quantitative estimate of drug-likeness (QED) is 0.770. The molecule has 110 valence electrons. The van der Waals surface area contributed by atoms with E-state index in [9.17, 15) is 9.59 Å². The summed E-state index contributed by atoms with van der Waals surface area (Å²) in [6, 6.07) is 0. The molecule has 2 amide bonds. The minimum Gasteiger partial charge on any atom is -0.397 e. The van der Waals surface area contributed by atoms with Crippen molar-refractivity contribution in [1.29, 1.82) is 0 Å². The Morgan fingerprint density at radius 3 is 2.30 bits per heavy atom. The van der Waals surface area contributed by atoms with Gasteiger partial charge in [-0.25, -0.2) is 0 Å². The lowest BCUT2D eigenvalue weighted by Gasteiger charge is -2.17. The highest BCUT2D eigenvalue weighted by Crippen LogP contribution is 2.41. The number of hydrogen-bond acceptors (Lipinski definition) is 5. The molecule has 1 aliphatic heterocycles. The Morgan fingerprint density at radius 1 is 1.30 bits per heavy atom. The van der Waals surface area contributed by atoms with Gasteiger partial charge < -0.3 is 21.7 Å². The Morgan fingerprint density at radius 2 is 1.85 bits per heavy atom. The molecule has 2 heterocycles. The number of nitrogens with zero attached hydrogens (tertiary/aromatic N) is 1. The highest BCUT2D eigenvalue weighted by Gasteiger charge is 2.32. The number of amides is 2. The Bertz CT molecular complexity index is 545. The number of nitrogens with two attached hydrogens (primary N) is 2. The minimum absolute atomic E-state index is 0.184. The van der Waals surface area contributed by atoms with Crippen LogP contribution in [0.1, 0.15) is 33.9 Å². The van der Waals surface area contributed by atoms with Gasteiger partial charge in [-0.3, -0.25) is 9.59 Å². The van der Waals surface area contributed by atoms with Crippen molar-refractivity contribution in [3.8, 4) is 0 Å². The molecule has 0 radical (unpaired) electrons. The topological polar surface area (TPSA) is 101 Å². The van der Waals surface area contributed by atoms with Gasteiger partial charge in [0.2, 0.25) is 0 Å². The largest absolute Gasteiger partial charge is 0.397 e. The zero-order valence-corrected chi connectivity index (χ0v) is 12.7. The maximum atomic E-state index is 12.0. The average molecular weight is 296 g/mol. The number of carbonyl (C=O) groups excluding carboxylic acids is 2. The maximum absolute atomic E-state index is 12.0. The van der Waals surface area contributed by atoms with Crippen LogP contribution in [0.3, 0.4) is 0 Å². The van der Waals surface area contributed by atoms with Crippen LogP contribution in [0.2, 0.25) is 0 Å². The molecule has 20 heavy (non-hydrogen) atoms. The summed E-state index contributed by atoms with van der Waals surface area (Å²) in [4.78, 5) is 25.9. The standard InChI is InChI=1S/C13H20N4O2S/c1-6-4-17(5-7(6)2)13-8(12(19)16-3)9(14)10(20-13)11(15)18/h6-7H,4-5,14H2,1-3H3,(H2,15,18)(H,16,19). The number of primary amides is 1. The van der Waals surface area contributed by atoms with Crippen LogP contribution in [-0.4, -0.2) is 32.0 Å². The monoisotopic (exact) mass is 296 g/mol. The molecule has 0 aromatic carbocycles. The predicted molar refractivity (Wildman–Crippen MR) is 81.2 cm³/mol. The van der Waals surface area contributed by atoms with Crippen molar-refractivity contribution in [3.05, 3.63) is 10.4 Å². The number of anilines is 2. The average Bonchev–Trinajstić information content (AvgIpc) is 2.90. The summed E-state index contributed by atoms with van der Waals surface area (Å²) in [5.41, 5.74) is 11.8. The van der Waals surface area contributed by atoms with Crippen molar-refractivity contribution < 1.29 is 9.59 Å². The zero-order valence-electron chi connectivity index (χ0n) is 11.9. The SMILES string of the molecule is CNC(=O)c1c(N2CC(C)C(C)C2)sc(C(N)=O)c1N. The van der Waals surface area contributed by atoms with Crippen LogP contribution in [0.5, 0.6) is 0 Å². The molecule has 1 fully saturated rings. The van der Waals surface area contributed by atoms with E-state index in [1.165, 1.54) is 11.3 Å². The van der Waals surface area contributed by atoms with Gasteiger partial charge in [0.25, 0.3) is 11.8 Å². The molecule has 5 N–H and O–H groups in total. The molecule has 0 bridgehead atoms. The molecule has 0 saturated carbocycles. The zero-order chi connectivity index (χ0) is 15.0. The van der Waals surface area contributed by atoms with E-state index in [4.69, 9.17) is 11.5 Å². The van der Waals surface area contributed by atoms with Crippen molar-refractivity contribution in [2.24, 2.45) is 17.6 Å². The summed E-state index contributed by atoms with van der Waals surface area (Å²) in [5, 5.41) is 3.31. The van der Waals surface area contributed by atoms with Crippen LogP contribution < -0.4 is 21.7 Å². The number of thiophene rings is 1. The van der Waals surface area contributed by atoms with Gasteiger partial charge in [-0.15, -0.1) is 11.3 Å². The number of hydrogen-bond donors (Lipinski definition) is 3. The molecule has 1 saturated heterocycles. The van der Waals surface area contributed by atoms with Crippen LogP contribution in [0.4, 0.5) is 10.7 Å². The molecule has 2 rings (SSSR count). The Kier molecular flexibility index (Phi) is 3.89. The summed E-state index contributed by atoms with van der Waals surface area (Å²) in [7, 11) is 1.54. The predicted octanol–water partition coefficient (Wildman–Crippen LogP) is 0.881. The Balaban J connectivity index is 2.49. The third kappa shape index (κ3) is 2.33. The summed E-state index contributed by atoms with van der Waals surface area (Å²) < 4.78 is 0. The number of nitrogen functional groups attached to an aromatic ring is 1. The van der Waals surface area contributed by atoms with Gasteiger partial charge in [0.1, 0.15) is 9.88 Å². The van der Waals surface area contributed by atoms with E-state index < -0.39 is 5.91 Å². The van der Waals surface area contributed by atoms with Crippen LogP contribution in [0.15, 0.2) is 0 Å². The third-order valence-corrected chi connectivity index (χ3v) is 5.16. The Hall–Kier alpha value is -1.76. The first-order chi connectivity index (χ1) is 9.36. The van der Waals surface area contributed by atoms with Gasteiger partial charge in [-0.2, -0.15) is 0 Å². The second kappa shape index (κ2) is 5.32. The molecule has 2 atom stereocenters. The minimum atomic E-state index is -0.593. The number of carbonyl (C=O) groups is 2. The van der Waals surface area contributed by atoms with Crippen LogP contribution in [-0.2, 0) is 0 Å². The summed E-state index contributed by atoms with van der Waals surface area (Å²) in [6.45, 7) is 6.05. The molecule has 0 spiro atoms. The van der Waals surface area contributed by atoms with Gasteiger partial charge in [0, 0.05) is 20.1 Å². The smallest absolute Gasteiger partial charge is 0.260 e. The fourth-order valence-electron chi connectivity index (χ4n) is 2.48. The second-order valence-electron chi connectivity index (χ2n) is 5.33. The van der Waals surface area contributed by atoms with E-state index in [0.29, 0.717) is 17.4 Å². The summed E-state index contributed by atoms with van der Waals surface area (Å²) in [5.74, 6) is 0.193. The van der Waals surface area contributed by atoms with Crippen molar-refractivity contribution in [2.75, 3.05) is 30.8 Å². The third-order valence-electron chi connectivity index (χ3n) is 3.88. The number of nitrogens with one attached hydrogen (secondary N) is 1. The molecule has 1 aromatic heterocycles. The van der Waals surface area contributed by atoms with Gasteiger partial charge in [-0.05, 0) is 11.8 Å². The van der Waals surface area contributed by atoms with Crippen molar-refractivity contribution in [2.45, 2.75) is 13.8 Å². The molecular formula is C13H20N4O2S. The lowest BCUT2D eigenvalue weighted by molar-refractivity contribution is 0.0964. The van der Waals surface area contributed by atoms with E-state index in [2.05, 4.69) is 24.1 Å². The van der Waals surface area contributed by atoms with Gasteiger partial charge in [-0.1, -0.05) is 13.8 Å². The van der Waals surface area contributed by atoms with Gasteiger partial charge >= 0.3 is 0 Å². The van der Waals surface area contributed by atoms with Crippen LogP contribution in [0, 0.1) is 11.8 Å². The fraction of sp³-hybridized carbons (Fsp3) is 0.538. The maximum Gasteiger partial charge on any atom is 0.260 e. The lowest BCUT2D eigenvalue weighted by Crippen LogP contribution is -2.25. The van der Waals surface area contributed by atoms with E-state index in [-0.39, 0.29) is 16.5 Å². The van der Waals surface area contributed by atoms with Crippen LogP contribution in [0.25, 0.3) is 0 Å². The van der Waals surface area contributed by atoms with Gasteiger partial charge in [0.05, 0.1) is 11.3 Å². The molecule has 1 aromatic rings. The summed E-state index contributed by atoms with van der Waals surface area (Å²) >= 11 is 1.20. The van der Waals surface area contributed by atoms with Crippen molar-refractivity contribution in [1.82, 2.24) is 5.32 Å². The van der Waals surface area contributed by atoms with Crippen LogP contribution >= 0.6 is 11.3 Å². The Labute approximate surface area is 122 Å². The number of rotatable bonds is 3. The first-order valence-electron chi connectivity index (χ1n) is 6.55. The molecular weight excluding hydrogens is 276 g/mol. The normalized spacial score (nSPS) is 22.1. The van der Waals surface area contributed by atoms with Gasteiger partial charge in [0.15, 0.2) is 0 Å². The first-order valence-corrected chi connectivity index (χ1v) is 7.37. The van der Waals surface area contributed by atoms with E-state index in [0.717, 1.165) is 18.1 Å². The first kappa shape index (κ1) is 14.6. The lowest BCUT2D eigenvalue weighted by atomic mass is 10.0. The van der Waals surface area contributed by atoms with E-state index >= 15 is 0 Å². The molecule has 6 nitrogen and oxygen atoms in total. The van der Waals surface area contributed by atoms with Crippen molar-refractivity contribution in [3.63, 3.8) is 0 Å².